The van der Waals surface area contributed by atoms with Crippen LogP contribution in [0.1, 0.15) is 20.3 Å². The minimum absolute atomic E-state index is 0.0162. The van der Waals surface area contributed by atoms with Crippen molar-refractivity contribution in [3.8, 4) is 0 Å². The molecule has 2 heterocycles. The fourth-order valence-corrected chi connectivity index (χ4v) is 2.36. The molecule has 5 nitrogen and oxygen atoms in total. The predicted octanol–water partition coefficient (Wildman–Crippen LogP) is -0.669. The first-order valence-electron chi connectivity index (χ1n) is 5.91. The molecule has 2 N–H and O–H groups in total. The highest BCUT2D eigenvalue weighted by Gasteiger charge is 2.41. The Kier molecular flexibility index (Phi) is 3.14. The zero-order chi connectivity index (χ0) is 11.7. The monoisotopic (exact) mass is 225 g/mol. The zero-order valence-corrected chi connectivity index (χ0v) is 9.82. The van der Waals surface area contributed by atoms with Gasteiger partial charge in [-0.15, -0.1) is 0 Å². The Morgan fingerprint density at radius 1 is 1.44 bits per heavy atom. The van der Waals surface area contributed by atoms with Gasteiger partial charge >= 0.3 is 0 Å². The highest BCUT2D eigenvalue weighted by atomic mass is 16.2. The van der Waals surface area contributed by atoms with E-state index >= 15 is 0 Å². The van der Waals surface area contributed by atoms with E-state index in [1.807, 2.05) is 0 Å². The van der Waals surface area contributed by atoms with Gasteiger partial charge in [-0.25, -0.2) is 0 Å². The molecule has 5 heteroatoms. The molecule has 90 valence electrons. The lowest BCUT2D eigenvalue weighted by Gasteiger charge is -2.42. The van der Waals surface area contributed by atoms with Gasteiger partial charge in [0.1, 0.15) is 12.1 Å². The quantitative estimate of drug-likeness (QED) is 0.655. The molecule has 0 unspecified atom stereocenters. The number of nitrogens with zero attached hydrogens (tertiary/aromatic N) is 1. The van der Waals surface area contributed by atoms with Gasteiger partial charge < -0.3 is 15.5 Å². The van der Waals surface area contributed by atoms with Crippen LogP contribution < -0.4 is 10.6 Å². The Hall–Kier alpha value is -1.10. The summed E-state index contributed by atoms with van der Waals surface area (Å²) < 4.78 is 0. The summed E-state index contributed by atoms with van der Waals surface area (Å²) in [5.74, 6) is 0.478. The summed E-state index contributed by atoms with van der Waals surface area (Å²) in [7, 11) is 0. The summed E-state index contributed by atoms with van der Waals surface area (Å²) >= 11 is 0. The van der Waals surface area contributed by atoms with Crippen LogP contribution in [0.15, 0.2) is 0 Å². The van der Waals surface area contributed by atoms with Crippen molar-refractivity contribution in [2.45, 2.75) is 32.4 Å². The van der Waals surface area contributed by atoms with Crippen molar-refractivity contribution in [2.24, 2.45) is 5.92 Å². The number of fused-ring (bicyclic) bond motifs is 1. The summed E-state index contributed by atoms with van der Waals surface area (Å²) in [5, 5.41) is 5.96. The second-order valence-electron chi connectivity index (χ2n) is 4.94. The molecule has 0 radical (unpaired) electrons. The topological polar surface area (TPSA) is 61.4 Å². The average Bonchev–Trinajstić information content (AvgIpc) is 2.25. The largest absolute Gasteiger partial charge is 0.342 e. The van der Waals surface area contributed by atoms with Gasteiger partial charge in [-0.2, -0.15) is 0 Å². The lowest BCUT2D eigenvalue weighted by Crippen LogP contribution is -2.68. The number of amides is 2. The fourth-order valence-electron chi connectivity index (χ4n) is 2.36. The fraction of sp³-hybridized carbons (Fsp3) is 0.818. The van der Waals surface area contributed by atoms with Crippen LogP contribution in [0.4, 0.5) is 0 Å². The Morgan fingerprint density at radius 2 is 2.19 bits per heavy atom. The van der Waals surface area contributed by atoms with Crippen molar-refractivity contribution in [1.82, 2.24) is 15.5 Å². The minimum atomic E-state index is -0.318. The molecule has 0 aromatic rings. The first-order chi connectivity index (χ1) is 7.59. The van der Waals surface area contributed by atoms with Gasteiger partial charge in [0.25, 0.3) is 0 Å². The molecule has 2 aliphatic heterocycles. The number of carbonyl (C=O) groups is 2. The summed E-state index contributed by atoms with van der Waals surface area (Å²) in [4.78, 5) is 25.7. The van der Waals surface area contributed by atoms with Gasteiger partial charge in [-0.3, -0.25) is 9.59 Å². The number of rotatable bonds is 2. The van der Waals surface area contributed by atoms with Crippen LogP contribution in [0, 0.1) is 5.92 Å². The van der Waals surface area contributed by atoms with Gasteiger partial charge in [0.2, 0.25) is 11.8 Å². The Bertz CT molecular complexity index is 304. The summed E-state index contributed by atoms with van der Waals surface area (Å²) in [6.45, 7) is 6.12. The summed E-state index contributed by atoms with van der Waals surface area (Å²) in [6.07, 6.45) is 0.723. The van der Waals surface area contributed by atoms with E-state index in [4.69, 9.17) is 0 Å². The molecule has 2 saturated heterocycles. The molecule has 0 bridgehead atoms. The smallest absolute Gasteiger partial charge is 0.245 e. The van der Waals surface area contributed by atoms with Crippen LogP contribution in [0.5, 0.6) is 0 Å². The van der Waals surface area contributed by atoms with E-state index in [1.165, 1.54) is 0 Å². The standard InChI is InChI=1S/C11H19N3O2/c1-7(2)5-8-11(16)14-4-3-12-6-9(14)10(15)13-8/h7-9,12H,3-6H2,1-2H3,(H,13,15)/t8-,9-/m1/s1. The van der Waals surface area contributed by atoms with Crippen LogP contribution in [0.2, 0.25) is 0 Å². The molecule has 0 aromatic carbocycles. The minimum Gasteiger partial charge on any atom is -0.342 e. The van der Waals surface area contributed by atoms with Crippen molar-refractivity contribution in [1.29, 1.82) is 0 Å². The molecule has 0 spiro atoms. The Balaban J connectivity index is 2.10. The van der Waals surface area contributed by atoms with Gasteiger partial charge in [-0.1, -0.05) is 13.8 Å². The highest BCUT2D eigenvalue weighted by molar-refractivity contribution is 5.97. The van der Waals surface area contributed by atoms with Crippen molar-refractivity contribution < 1.29 is 9.59 Å². The van der Waals surface area contributed by atoms with E-state index < -0.39 is 0 Å². The molecule has 2 amide bonds. The van der Waals surface area contributed by atoms with Crippen LogP contribution in [-0.2, 0) is 9.59 Å². The van der Waals surface area contributed by atoms with Crippen molar-refractivity contribution in [2.75, 3.05) is 19.6 Å². The van der Waals surface area contributed by atoms with Gasteiger partial charge in [0.05, 0.1) is 0 Å². The maximum atomic E-state index is 12.1. The third-order valence-electron chi connectivity index (χ3n) is 3.15. The van der Waals surface area contributed by atoms with Crippen LogP contribution in [0.3, 0.4) is 0 Å². The molecular formula is C11H19N3O2. The van der Waals surface area contributed by atoms with E-state index in [9.17, 15) is 9.59 Å². The normalized spacial score (nSPS) is 30.3. The zero-order valence-electron chi connectivity index (χ0n) is 9.82. The van der Waals surface area contributed by atoms with Crippen LogP contribution in [0.25, 0.3) is 0 Å². The van der Waals surface area contributed by atoms with Crippen molar-refractivity contribution in [3.05, 3.63) is 0 Å². The third kappa shape index (κ3) is 2.04. The van der Waals surface area contributed by atoms with Gasteiger partial charge in [-0.05, 0) is 12.3 Å². The predicted molar refractivity (Wildman–Crippen MR) is 59.8 cm³/mol. The summed E-state index contributed by atoms with van der Waals surface area (Å²) in [6, 6.07) is -0.619. The first kappa shape index (κ1) is 11.4. The lowest BCUT2D eigenvalue weighted by atomic mass is 9.98. The van der Waals surface area contributed by atoms with Crippen LogP contribution in [-0.4, -0.2) is 48.4 Å². The van der Waals surface area contributed by atoms with E-state index in [0.29, 0.717) is 19.0 Å². The molecule has 2 rings (SSSR count). The van der Waals surface area contributed by atoms with Gasteiger partial charge in [0, 0.05) is 19.6 Å². The van der Waals surface area contributed by atoms with Crippen molar-refractivity contribution in [3.63, 3.8) is 0 Å². The number of carbonyl (C=O) groups excluding carboxylic acids is 2. The SMILES string of the molecule is CC(C)C[C@H]1NC(=O)[C@H]2CNCCN2C1=O. The second kappa shape index (κ2) is 4.41. The molecule has 2 fully saturated rings. The molecule has 2 aliphatic rings. The number of nitrogens with one attached hydrogen (secondary N) is 2. The van der Waals surface area contributed by atoms with E-state index in [-0.39, 0.29) is 23.9 Å². The molecule has 0 saturated carbocycles. The van der Waals surface area contributed by atoms with E-state index in [2.05, 4.69) is 24.5 Å². The third-order valence-corrected chi connectivity index (χ3v) is 3.15. The first-order valence-corrected chi connectivity index (χ1v) is 5.91. The van der Waals surface area contributed by atoms with Gasteiger partial charge in [0.15, 0.2) is 0 Å². The highest BCUT2D eigenvalue weighted by Crippen LogP contribution is 2.16. The lowest BCUT2D eigenvalue weighted by molar-refractivity contribution is -0.150. The molecule has 2 atom stereocenters. The number of piperazine rings is 2. The molecule has 0 aromatic heterocycles. The molecule has 0 aliphatic carbocycles. The maximum absolute atomic E-state index is 12.1. The maximum Gasteiger partial charge on any atom is 0.245 e. The Labute approximate surface area is 95.6 Å². The number of hydrogen-bond acceptors (Lipinski definition) is 3. The van der Waals surface area contributed by atoms with Crippen molar-refractivity contribution >= 4 is 11.8 Å². The summed E-state index contributed by atoms with van der Waals surface area (Å²) in [5.41, 5.74) is 0. The average molecular weight is 225 g/mol. The second-order valence-corrected chi connectivity index (χ2v) is 4.94. The van der Waals surface area contributed by atoms with Crippen LogP contribution >= 0.6 is 0 Å². The van der Waals surface area contributed by atoms with E-state index in [1.54, 1.807) is 4.90 Å². The number of hydrogen-bond donors (Lipinski definition) is 2. The van der Waals surface area contributed by atoms with E-state index in [0.717, 1.165) is 13.0 Å². The molecular weight excluding hydrogens is 206 g/mol. The molecule has 16 heavy (non-hydrogen) atoms. The Morgan fingerprint density at radius 3 is 2.88 bits per heavy atom.